The number of hydrogen-bond acceptors (Lipinski definition) is 9. The van der Waals surface area contributed by atoms with E-state index in [1.54, 1.807) is 6.92 Å². The summed E-state index contributed by atoms with van der Waals surface area (Å²) >= 11 is 0. The van der Waals surface area contributed by atoms with E-state index < -0.39 is 66.2 Å². The van der Waals surface area contributed by atoms with Crippen LogP contribution in [0.1, 0.15) is 52.9 Å². The molecule has 4 aliphatic carbocycles. The minimum atomic E-state index is -3.54. The first kappa shape index (κ1) is 36.6. The second-order valence-electron chi connectivity index (χ2n) is 14.9. The summed E-state index contributed by atoms with van der Waals surface area (Å²) in [4.78, 5) is 28.6. The molecule has 7 aliphatic rings. The van der Waals surface area contributed by atoms with Crippen LogP contribution < -0.4 is 0 Å². The molecule has 8 unspecified atom stereocenters. The predicted molar refractivity (Wildman–Crippen MR) is 188 cm³/mol. The van der Waals surface area contributed by atoms with E-state index in [0.29, 0.717) is 32.8 Å². The number of rotatable bonds is 9. The Labute approximate surface area is 310 Å². The average Bonchev–Trinajstić information content (AvgIpc) is 3.76. The minimum absolute atomic E-state index is 0.0146. The maximum Gasteiger partial charge on any atom is 0.377 e. The Bertz CT molecular complexity index is 1650. The van der Waals surface area contributed by atoms with Crippen LogP contribution >= 0.6 is 0 Å². The van der Waals surface area contributed by atoms with E-state index in [1.807, 2.05) is 6.92 Å². The van der Waals surface area contributed by atoms with Gasteiger partial charge in [0.05, 0.1) is 10.9 Å². The first-order valence-electron chi connectivity index (χ1n) is 18.5. The van der Waals surface area contributed by atoms with E-state index in [1.165, 1.54) is 14.7 Å². The van der Waals surface area contributed by atoms with Crippen LogP contribution in [-0.4, -0.2) is 72.9 Å². The second kappa shape index (κ2) is 14.4. The van der Waals surface area contributed by atoms with E-state index in [4.69, 9.17) is 33.2 Å². The zero-order valence-electron chi connectivity index (χ0n) is 29.9. The van der Waals surface area contributed by atoms with Gasteiger partial charge in [-0.25, -0.2) is 9.59 Å². The third-order valence-electron chi connectivity index (χ3n) is 11.2. The Morgan fingerprint density at radius 1 is 0.849 bits per heavy atom. The molecule has 282 valence electrons. The Balaban J connectivity index is 0.000000178. The predicted octanol–water partition coefficient (Wildman–Crippen LogP) is 7.08. The Morgan fingerprint density at radius 2 is 1.40 bits per heavy atom. The smallest absolute Gasteiger partial charge is 0.377 e. The molecule has 3 aliphatic heterocycles. The standard InChI is InChI=1S/C23H30F2O9.C18H15S/c1-4-28-10(2)29-16-14-15(30-18(16)26)17-19(31-14)33-23(32-17)12-5-11-6-13(23)9-22(7-11,8-12)34-20(27)21(3,24)25;1-4-10-16(11-5-1)19(17-12-6-2-7-13-17)18-14-8-3-9-15-18/h10-17,19H,4-9H2,1-3H3;1-15H/q;+1. The van der Waals surface area contributed by atoms with Gasteiger partial charge in [0.1, 0.15) is 11.7 Å². The van der Waals surface area contributed by atoms with Gasteiger partial charge >= 0.3 is 17.9 Å². The summed E-state index contributed by atoms with van der Waals surface area (Å²) in [6.45, 7) is 4.53. The lowest BCUT2D eigenvalue weighted by Crippen LogP contribution is -2.66. The van der Waals surface area contributed by atoms with Crippen molar-refractivity contribution in [2.45, 2.75) is 122 Å². The molecule has 3 saturated heterocycles. The van der Waals surface area contributed by atoms with Crippen LogP contribution in [0.25, 0.3) is 0 Å². The number of carbonyl (C=O) groups excluding carboxylic acids is 2. The summed E-state index contributed by atoms with van der Waals surface area (Å²) in [5.74, 6) is -6.52. The lowest BCUT2D eigenvalue weighted by molar-refractivity contribution is -0.344. The molecule has 7 fully saturated rings. The van der Waals surface area contributed by atoms with Crippen molar-refractivity contribution < 1.29 is 51.5 Å². The van der Waals surface area contributed by atoms with Crippen molar-refractivity contribution in [1.82, 2.24) is 0 Å². The summed E-state index contributed by atoms with van der Waals surface area (Å²) in [6.07, 6.45) is -1.24. The van der Waals surface area contributed by atoms with Crippen LogP contribution in [0.15, 0.2) is 106 Å². The molecular formula is C41H45F2O9S+. The van der Waals surface area contributed by atoms with Gasteiger partial charge in [0.25, 0.3) is 0 Å². The highest BCUT2D eigenvalue weighted by Gasteiger charge is 2.73. The largest absolute Gasteiger partial charge is 0.455 e. The van der Waals surface area contributed by atoms with Crippen molar-refractivity contribution in [3.8, 4) is 0 Å². The van der Waals surface area contributed by atoms with Crippen LogP contribution in [0, 0.1) is 17.8 Å². The summed E-state index contributed by atoms with van der Waals surface area (Å²) in [6, 6.07) is 32.2. The zero-order valence-corrected chi connectivity index (χ0v) is 30.8. The maximum absolute atomic E-state index is 13.6. The molecule has 1 spiro atoms. The molecule has 0 radical (unpaired) electrons. The molecule has 9 nitrogen and oxygen atoms in total. The zero-order chi connectivity index (χ0) is 37.0. The normalized spacial score (nSPS) is 35.4. The fourth-order valence-electron chi connectivity index (χ4n) is 9.35. The topological polar surface area (TPSA) is 98.8 Å². The monoisotopic (exact) mass is 751 g/mol. The second-order valence-corrected chi connectivity index (χ2v) is 16.9. The van der Waals surface area contributed by atoms with Gasteiger partial charge in [-0.1, -0.05) is 54.6 Å². The summed E-state index contributed by atoms with van der Waals surface area (Å²) in [5, 5.41) is 0. The molecule has 4 saturated carbocycles. The number of carbonyl (C=O) groups is 2. The molecule has 53 heavy (non-hydrogen) atoms. The third kappa shape index (κ3) is 6.91. The molecule has 10 rings (SSSR count). The first-order valence-corrected chi connectivity index (χ1v) is 19.7. The van der Waals surface area contributed by atoms with Gasteiger partial charge < -0.3 is 33.2 Å². The maximum atomic E-state index is 13.6. The van der Waals surface area contributed by atoms with Crippen LogP contribution in [0.2, 0.25) is 0 Å². The average molecular weight is 752 g/mol. The molecular weight excluding hydrogens is 707 g/mol. The van der Waals surface area contributed by atoms with E-state index in [9.17, 15) is 18.4 Å². The molecule has 3 heterocycles. The molecule has 0 N–H and O–H groups in total. The number of fused-ring (bicyclic) bond motifs is 3. The molecule has 4 bridgehead atoms. The van der Waals surface area contributed by atoms with Gasteiger partial charge in [0.2, 0.25) is 0 Å². The lowest BCUT2D eigenvalue weighted by atomic mass is 9.51. The fraction of sp³-hybridized carbons (Fsp3) is 0.512. The van der Waals surface area contributed by atoms with Crippen molar-refractivity contribution in [3.05, 3.63) is 91.0 Å². The van der Waals surface area contributed by atoms with E-state index in [-0.39, 0.29) is 28.6 Å². The van der Waals surface area contributed by atoms with Crippen molar-refractivity contribution in [1.29, 1.82) is 0 Å². The van der Waals surface area contributed by atoms with Crippen molar-refractivity contribution >= 4 is 22.8 Å². The molecule has 3 aromatic rings. The molecule has 0 aromatic heterocycles. The summed E-state index contributed by atoms with van der Waals surface area (Å²) in [5.41, 5.74) is -0.916. The Morgan fingerprint density at radius 3 is 1.91 bits per heavy atom. The van der Waals surface area contributed by atoms with Crippen LogP contribution in [0.3, 0.4) is 0 Å². The molecule has 8 atom stereocenters. The van der Waals surface area contributed by atoms with Gasteiger partial charge in [0.15, 0.2) is 51.4 Å². The number of benzene rings is 3. The molecule has 12 heteroatoms. The highest BCUT2D eigenvalue weighted by atomic mass is 32.2. The van der Waals surface area contributed by atoms with Gasteiger partial charge in [-0.3, -0.25) is 0 Å². The van der Waals surface area contributed by atoms with Crippen molar-refractivity contribution in [2.24, 2.45) is 17.8 Å². The molecule has 0 amide bonds. The van der Waals surface area contributed by atoms with Gasteiger partial charge in [-0.15, -0.1) is 0 Å². The first-order chi connectivity index (χ1) is 25.5. The summed E-state index contributed by atoms with van der Waals surface area (Å²) < 4.78 is 68.3. The summed E-state index contributed by atoms with van der Waals surface area (Å²) in [7, 11) is -0.0146. The van der Waals surface area contributed by atoms with E-state index in [0.717, 1.165) is 12.8 Å². The van der Waals surface area contributed by atoms with Gasteiger partial charge in [-0.2, -0.15) is 8.78 Å². The number of halogens is 2. The van der Waals surface area contributed by atoms with Gasteiger partial charge in [-0.05, 0) is 88.3 Å². The number of hydrogen-bond donors (Lipinski definition) is 0. The van der Waals surface area contributed by atoms with Crippen molar-refractivity contribution in [2.75, 3.05) is 6.61 Å². The Hall–Kier alpha value is -3.39. The number of esters is 2. The number of alkyl halides is 2. The highest BCUT2D eigenvalue weighted by Crippen LogP contribution is 2.65. The Kier molecular flexibility index (Phi) is 9.91. The number of ether oxygens (including phenoxy) is 7. The van der Waals surface area contributed by atoms with E-state index >= 15 is 0 Å². The highest BCUT2D eigenvalue weighted by molar-refractivity contribution is 7.97. The van der Waals surface area contributed by atoms with Crippen LogP contribution in [0.5, 0.6) is 0 Å². The quantitative estimate of drug-likeness (QED) is 0.129. The minimum Gasteiger partial charge on any atom is -0.455 e. The lowest BCUT2D eigenvalue weighted by Gasteiger charge is -2.62. The van der Waals surface area contributed by atoms with E-state index in [2.05, 4.69) is 91.0 Å². The van der Waals surface area contributed by atoms with Crippen molar-refractivity contribution in [3.63, 3.8) is 0 Å². The van der Waals surface area contributed by atoms with Crippen LogP contribution in [-0.2, 0) is 53.6 Å². The SMILES string of the molecule is CCOC(C)OC1C(=O)OC2C3OC4(OC3OC12)C1CC2CC4CC(OC(=O)C(C)(F)F)(C2)C1.c1ccc([S+](c2ccccc2)c2ccccc2)cc1. The fourth-order valence-corrected chi connectivity index (χ4v) is 11.5. The van der Waals surface area contributed by atoms with Crippen LogP contribution in [0.4, 0.5) is 8.78 Å². The third-order valence-corrected chi connectivity index (χ3v) is 13.5. The molecule has 3 aromatic carbocycles. The van der Waals surface area contributed by atoms with Gasteiger partial charge in [0, 0.05) is 25.4 Å².